The number of rotatable bonds is 3. The molecule has 0 atom stereocenters. The van der Waals surface area contributed by atoms with E-state index in [9.17, 15) is 14.4 Å². The van der Waals surface area contributed by atoms with E-state index in [-0.39, 0.29) is 23.9 Å². The van der Waals surface area contributed by atoms with Gasteiger partial charge >= 0.3 is 6.03 Å². The van der Waals surface area contributed by atoms with Crippen LogP contribution in [0.4, 0.5) is 4.79 Å². The Kier molecular flexibility index (Phi) is 5.63. The number of urea groups is 1. The Hall–Kier alpha value is -1.63. The molecule has 28 heavy (non-hydrogen) atoms. The fourth-order valence-corrected chi connectivity index (χ4v) is 5.45. The molecule has 1 aliphatic carbocycles. The Labute approximate surface area is 167 Å². The summed E-state index contributed by atoms with van der Waals surface area (Å²) >= 11 is 0. The van der Waals surface area contributed by atoms with Crippen LogP contribution < -0.4 is 5.32 Å². The first-order valence-corrected chi connectivity index (χ1v) is 11.1. The zero-order valence-corrected chi connectivity index (χ0v) is 17.1. The summed E-state index contributed by atoms with van der Waals surface area (Å²) in [5.41, 5.74) is -0.697. The number of nitrogens with one attached hydrogen (secondary N) is 1. The smallest absolute Gasteiger partial charge is 0.325 e. The molecule has 4 amide bonds. The maximum Gasteiger partial charge on any atom is 0.325 e. The van der Waals surface area contributed by atoms with Gasteiger partial charge in [0, 0.05) is 38.6 Å². The highest BCUT2D eigenvalue weighted by Crippen LogP contribution is 2.33. The van der Waals surface area contributed by atoms with E-state index in [1.165, 1.54) is 37.0 Å². The van der Waals surface area contributed by atoms with Crippen molar-refractivity contribution in [1.29, 1.82) is 0 Å². The van der Waals surface area contributed by atoms with E-state index in [2.05, 4.69) is 10.2 Å². The summed E-state index contributed by atoms with van der Waals surface area (Å²) in [5.74, 6) is 0.765. The average Bonchev–Trinajstić information content (AvgIpc) is 2.95. The molecule has 7 nitrogen and oxygen atoms in total. The zero-order valence-electron chi connectivity index (χ0n) is 17.1. The Morgan fingerprint density at radius 2 is 1.64 bits per heavy atom. The van der Waals surface area contributed by atoms with E-state index in [1.54, 1.807) is 0 Å². The van der Waals surface area contributed by atoms with Gasteiger partial charge in [-0.25, -0.2) is 4.79 Å². The van der Waals surface area contributed by atoms with Crippen LogP contribution in [-0.2, 0) is 9.59 Å². The molecule has 3 aliphatic heterocycles. The summed E-state index contributed by atoms with van der Waals surface area (Å²) < 4.78 is 0. The van der Waals surface area contributed by atoms with Crippen LogP contribution in [0.2, 0.25) is 0 Å². The molecule has 0 aromatic carbocycles. The minimum atomic E-state index is -0.697. The average molecular weight is 391 g/mol. The van der Waals surface area contributed by atoms with Gasteiger partial charge in [0.15, 0.2) is 0 Å². The van der Waals surface area contributed by atoms with E-state index >= 15 is 0 Å². The highest BCUT2D eigenvalue weighted by Gasteiger charge is 2.54. The molecular formula is C21H34N4O3. The Balaban J connectivity index is 1.31. The van der Waals surface area contributed by atoms with Gasteiger partial charge in [-0.2, -0.15) is 0 Å². The van der Waals surface area contributed by atoms with Crippen LogP contribution in [0.1, 0.15) is 64.2 Å². The van der Waals surface area contributed by atoms with Gasteiger partial charge in [-0.05, 0) is 51.5 Å². The second-order valence-corrected chi connectivity index (χ2v) is 9.31. The Morgan fingerprint density at radius 3 is 2.29 bits per heavy atom. The monoisotopic (exact) mass is 390 g/mol. The first-order chi connectivity index (χ1) is 13.5. The van der Waals surface area contributed by atoms with Crippen molar-refractivity contribution in [2.24, 2.45) is 5.92 Å². The Morgan fingerprint density at radius 1 is 1.00 bits per heavy atom. The van der Waals surface area contributed by atoms with Crippen molar-refractivity contribution in [2.45, 2.75) is 75.8 Å². The third-order valence-electron chi connectivity index (χ3n) is 7.40. The standard InChI is InChI=1S/C21H34N4O3/c1-23-13-9-21(10-14-23)19(27)25(20(28)22-21)17-7-11-24(12-8-17)18(26)15-16-5-3-2-4-6-16/h16-17H,2-15H2,1H3,(H,22,28). The third-order valence-corrected chi connectivity index (χ3v) is 7.40. The van der Waals surface area contributed by atoms with Crippen molar-refractivity contribution < 1.29 is 14.4 Å². The lowest BCUT2D eigenvalue weighted by Crippen LogP contribution is -2.55. The van der Waals surface area contributed by atoms with Gasteiger partial charge in [0.05, 0.1) is 0 Å². The molecule has 4 aliphatic rings. The maximum atomic E-state index is 13.1. The largest absolute Gasteiger partial charge is 0.343 e. The topological polar surface area (TPSA) is 73.0 Å². The molecule has 156 valence electrons. The molecule has 0 radical (unpaired) electrons. The number of piperidine rings is 2. The molecule has 0 aromatic heterocycles. The summed E-state index contributed by atoms with van der Waals surface area (Å²) in [5, 5.41) is 3.01. The van der Waals surface area contributed by atoms with Gasteiger partial charge in [0.2, 0.25) is 5.91 Å². The highest BCUT2D eigenvalue weighted by atomic mass is 16.2. The first kappa shape index (κ1) is 19.7. The van der Waals surface area contributed by atoms with Gasteiger partial charge in [-0.15, -0.1) is 0 Å². The quantitative estimate of drug-likeness (QED) is 0.748. The van der Waals surface area contributed by atoms with Gasteiger partial charge in [-0.1, -0.05) is 19.3 Å². The fraction of sp³-hybridized carbons (Fsp3) is 0.857. The number of carbonyl (C=O) groups excluding carboxylic acids is 3. The third kappa shape index (κ3) is 3.78. The number of likely N-dealkylation sites (tertiary alicyclic amines) is 2. The van der Waals surface area contributed by atoms with Crippen molar-refractivity contribution in [2.75, 3.05) is 33.2 Å². The summed E-state index contributed by atoms with van der Waals surface area (Å²) in [7, 11) is 2.05. The van der Waals surface area contributed by atoms with Crippen LogP contribution in [0, 0.1) is 5.92 Å². The number of hydrogen-bond acceptors (Lipinski definition) is 4. The lowest BCUT2D eigenvalue weighted by Gasteiger charge is -2.38. The molecule has 4 fully saturated rings. The summed E-state index contributed by atoms with van der Waals surface area (Å²) in [6.07, 6.45) is 9.62. The minimum absolute atomic E-state index is 0.0439. The van der Waals surface area contributed by atoms with Crippen molar-refractivity contribution in [3.63, 3.8) is 0 Å². The number of imide groups is 1. The molecule has 1 N–H and O–H groups in total. The van der Waals surface area contributed by atoms with Crippen molar-refractivity contribution in [3.05, 3.63) is 0 Å². The minimum Gasteiger partial charge on any atom is -0.343 e. The molecule has 4 rings (SSSR count). The molecule has 1 saturated carbocycles. The van der Waals surface area contributed by atoms with E-state index < -0.39 is 5.54 Å². The molecule has 3 saturated heterocycles. The number of nitrogens with zero attached hydrogens (tertiary/aromatic N) is 3. The Bertz CT molecular complexity index is 615. The van der Waals surface area contributed by atoms with Crippen LogP contribution in [0.3, 0.4) is 0 Å². The first-order valence-electron chi connectivity index (χ1n) is 11.1. The van der Waals surface area contributed by atoms with E-state index in [0.29, 0.717) is 51.1 Å². The predicted molar refractivity (Wildman–Crippen MR) is 106 cm³/mol. The molecule has 0 unspecified atom stereocenters. The predicted octanol–water partition coefficient (Wildman–Crippen LogP) is 1.96. The lowest BCUT2D eigenvalue weighted by atomic mass is 9.86. The van der Waals surface area contributed by atoms with Crippen LogP contribution in [-0.4, -0.2) is 77.4 Å². The van der Waals surface area contributed by atoms with Crippen molar-refractivity contribution >= 4 is 17.8 Å². The van der Waals surface area contributed by atoms with Gasteiger partial charge in [0.1, 0.15) is 5.54 Å². The van der Waals surface area contributed by atoms with Crippen molar-refractivity contribution in [1.82, 2.24) is 20.0 Å². The second kappa shape index (κ2) is 8.01. The van der Waals surface area contributed by atoms with Crippen LogP contribution in [0.25, 0.3) is 0 Å². The van der Waals surface area contributed by atoms with E-state index in [0.717, 1.165) is 13.1 Å². The van der Waals surface area contributed by atoms with Crippen LogP contribution >= 0.6 is 0 Å². The number of carbonyl (C=O) groups is 3. The normalized spacial score (nSPS) is 27.5. The molecule has 7 heteroatoms. The number of hydrogen-bond donors (Lipinski definition) is 1. The summed E-state index contributed by atoms with van der Waals surface area (Å²) in [6.45, 7) is 2.97. The van der Waals surface area contributed by atoms with E-state index in [1.807, 2.05) is 11.9 Å². The van der Waals surface area contributed by atoms with Gasteiger partial charge in [0.25, 0.3) is 5.91 Å². The highest BCUT2D eigenvalue weighted by molar-refractivity contribution is 6.07. The van der Waals surface area contributed by atoms with Gasteiger partial charge in [-0.3, -0.25) is 14.5 Å². The molecule has 3 heterocycles. The van der Waals surface area contributed by atoms with Crippen molar-refractivity contribution in [3.8, 4) is 0 Å². The zero-order chi connectivity index (χ0) is 19.7. The van der Waals surface area contributed by atoms with Crippen LogP contribution in [0.15, 0.2) is 0 Å². The molecule has 0 bridgehead atoms. The lowest BCUT2D eigenvalue weighted by molar-refractivity contribution is -0.136. The maximum absolute atomic E-state index is 13.1. The number of amides is 4. The molecule has 0 aromatic rings. The molecular weight excluding hydrogens is 356 g/mol. The SMILES string of the molecule is CN1CCC2(CC1)NC(=O)N(C1CCN(C(=O)CC3CCCCC3)CC1)C2=O. The van der Waals surface area contributed by atoms with Crippen LogP contribution in [0.5, 0.6) is 0 Å². The van der Waals surface area contributed by atoms with E-state index in [4.69, 9.17) is 0 Å². The second-order valence-electron chi connectivity index (χ2n) is 9.31. The fourth-order valence-electron chi connectivity index (χ4n) is 5.45. The van der Waals surface area contributed by atoms with Gasteiger partial charge < -0.3 is 15.1 Å². The summed E-state index contributed by atoms with van der Waals surface area (Å²) in [6, 6.07) is -0.313. The summed E-state index contributed by atoms with van der Waals surface area (Å²) in [4.78, 5) is 44.0. The molecule has 1 spiro atoms.